The summed E-state index contributed by atoms with van der Waals surface area (Å²) in [7, 11) is 0. The van der Waals surface area contributed by atoms with Crippen LogP contribution in [0.3, 0.4) is 0 Å². The molecule has 0 aliphatic heterocycles. The Kier molecular flexibility index (Phi) is 5.35. The molecule has 0 heterocycles. The Bertz CT molecular complexity index is 1100. The van der Waals surface area contributed by atoms with Gasteiger partial charge in [0.2, 0.25) is 0 Å². The van der Waals surface area contributed by atoms with E-state index in [2.05, 4.69) is 30.3 Å². The fourth-order valence-corrected chi connectivity index (χ4v) is 3.38. The van der Waals surface area contributed by atoms with E-state index in [9.17, 15) is 9.90 Å². The van der Waals surface area contributed by atoms with Crippen LogP contribution in [0.15, 0.2) is 103 Å². The molecule has 0 aromatic heterocycles. The van der Waals surface area contributed by atoms with Crippen molar-refractivity contribution in [3.05, 3.63) is 125 Å². The van der Waals surface area contributed by atoms with E-state index in [-0.39, 0.29) is 5.75 Å². The van der Waals surface area contributed by atoms with Gasteiger partial charge in [0.25, 0.3) is 0 Å². The van der Waals surface area contributed by atoms with Gasteiger partial charge in [-0.1, -0.05) is 97.1 Å². The molecule has 1 N–H and O–H groups in total. The Morgan fingerprint density at radius 3 is 1.79 bits per heavy atom. The lowest BCUT2D eigenvalue weighted by molar-refractivity contribution is 0.112. The van der Waals surface area contributed by atoms with Crippen molar-refractivity contribution >= 4 is 17.9 Å². The lowest BCUT2D eigenvalue weighted by Gasteiger charge is -2.10. The lowest BCUT2D eigenvalue weighted by atomic mass is 9.95. The molecular weight excluding hydrogens is 356 g/mol. The maximum Gasteiger partial charge on any atom is 0.153 e. The summed E-state index contributed by atoms with van der Waals surface area (Å²) in [6, 6.07) is 33.8. The number of phenolic OH excluding ortho intramolecular Hbond substituents is 1. The number of hydrogen-bond donors (Lipinski definition) is 1. The van der Waals surface area contributed by atoms with E-state index in [0.29, 0.717) is 17.4 Å². The molecule has 0 saturated carbocycles. The highest BCUT2D eigenvalue weighted by molar-refractivity contribution is 5.92. The molecule has 0 bridgehead atoms. The van der Waals surface area contributed by atoms with E-state index in [1.807, 2.05) is 66.7 Å². The van der Waals surface area contributed by atoms with Gasteiger partial charge in [-0.15, -0.1) is 0 Å². The van der Waals surface area contributed by atoms with Crippen LogP contribution in [-0.4, -0.2) is 11.4 Å². The fourth-order valence-electron chi connectivity index (χ4n) is 3.38. The summed E-state index contributed by atoms with van der Waals surface area (Å²) in [6.45, 7) is 0. The first-order valence-electron chi connectivity index (χ1n) is 9.46. The second kappa shape index (κ2) is 8.41. The van der Waals surface area contributed by atoms with Crippen molar-refractivity contribution in [2.45, 2.75) is 0 Å². The summed E-state index contributed by atoms with van der Waals surface area (Å²) in [5.74, 6) is 0.0139. The SMILES string of the molecule is O=Cc1cccc(-c2ccc(C=C(c3ccccc3)c3ccccc3)cc2)c1O. The average molecular weight is 376 g/mol. The molecule has 4 aromatic carbocycles. The van der Waals surface area contributed by atoms with Crippen LogP contribution in [0, 0.1) is 0 Å². The quantitative estimate of drug-likeness (QED) is 0.320. The molecule has 0 amide bonds. The molecule has 29 heavy (non-hydrogen) atoms. The normalized spacial score (nSPS) is 10.3. The third-order valence-corrected chi connectivity index (χ3v) is 4.90. The van der Waals surface area contributed by atoms with Crippen LogP contribution >= 0.6 is 0 Å². The van der Waals surface area contributed by atoms with Crippen LogP contribution in [-0.2, 0) is 0 Å². The second-order valence-corrected chi connectivity index (χ2v) is 6.77. The van der Waals surface area contributed by atoms with Gasteiger partial charge >= 0.3 is 0 Å². The monoisotopic (exact) mass is 376 g/mol. The van der Waals surface area contributed by atoms with Gasteiger partial charge in [-0.3, -0.25) is 4.79 Å². The van der Waals surface area contributed by atoms with E-state index in [4.69, 9.17) is 0 Å². The predicted octanol–water partition coefficient (Wildman–Crippen LogP) is 6.46. The largest absolute Gasteiger partial charge is 0.507 e. The number of aldehydes is 1. The third-order valence-electron chi connectivity index (χ3n) is 4.90. The van der Waals surface area contributed by atoms with Crippen LogP contribution in [0.4, 0.5) is 0 Å². The van der Waals surface area contributed by atoms with E-state index in [1.54, 1.807) is 12.1 Å². The van der Waals surface area contributed by atoms with Crippen molar-refractivity contribution < 1.29 is 9.90 Å². The van der Waals surface area contributed by atoms with Crippen LogP contribution in [0.1, 0.15) is 27.0 Å². The molecule has 0 aliphatic rings. The molecule has 2 heteroatoms. The van der Waals surface area contributed by atoms with Crippen molar-refractivity contribution in [2.24, 2.45) is 0 Å². The summed E-state index contributed by atoms with van der Waals surface area (Å²) in [5, 5.41) is 10.3. The van der Waals surface area contributed by atoms with E-state index < -0.39 is 0 Å². The number of rotatable bonds is 5. The Morgan fingerprint density at radius 2 is 1.24 bits per heavy atom. The first kappa shape index (κ1) is 18.5. The molecule has 4 rings (SSSR count). The standard InChI is InChI=1S/C27H20O2/c28-19-24-12-7-13-25(27(24)29)23-16-14-20(15-17-23)18-26(21-8-3-1-4-9-21)22-10-5-2-6-11-22/h1-19,29H. The minimum absolute atomic E-state index is 0.0139. The highest BCUT2D eigenvalue weighted by Gasteiger charge is 2.09. The van der Waals surface area contributed by atoms with E-state index >= 15 is 0 Å². The Morgan fingerprint density at radius 1 is 0.655 bits per heavy atom. The van der Waals surface area contributed by atoms with E-state index in [0.717, 1.165) is 27.8 Å². The first-order chi connectivity index (χ1) is 14.3. The van der Waals surface area contributed by atoms with Gasteiger partial charge in [-0.25, -0.2) is 0 Å². The molecule has 0 saturated heterocycles. The van der Waals surface area contributed by atoms with Gasteiger partial charge in [0.15, 0.2) is 6.29 Å². The third kappa shape index (κ3) is 4.02. The highest BCUT2D eigenvalue weighted by Crippen LogP contribution is 2.32. The molecule has 0 radical (unpaired) electrons. The number of benzene rings is 4. The Labute approximate surface area is 170 Å². The number of aromatic hydroxyl groups is 1. The van der Waals surface area contributed by atoms with Crippen molar-refractivity contribution in [3.8, 4) is 16.9 Å². The van der Waals surface area contributed by atoms with Crippen LogP contribution in [0.2, 0.25) is 0 Å². The molecular formula is C27H20O2. The molecule has 4 aromatic rings. The maximum atomic E-state index is 11.1. The Hall–Kier alpha value is -3.91. The van der Waals surface area contributed by atoms with Crippen LogP contribution < -0.4 is 0 Å². The van der Waals surface area contributed by atoms with Crippen LogP contribution in [0.25, 0.3) is 22.8 Å². The first-order valence-corrected chi connectivity index (χ1v) is 9.46. The number of carbonyl (C=O) groups excluding carboxylic acids is 1. The zero-order valence-corrected chi connectivity index (χ0v) is 15.8. The number of phenols is 1. The number of carbonyl (C=O) groups is 1. The average Bonchev–Trinajstić information content (AvgIpc) is 2.79. The molecule has 0 fully saturated rings. The van der Waals surface area contributed by atoms with Gasteiger partial charge in [-0.05, 0) is 40.0 Å². The van der Waals surface area contributed by atoms with Crippen LogP contribution in [0.5, 0.6) is 5.75 Å². The second-order valence-electron chi connectivity index (χ2n) is 6.77. The number of hydrogen-bond acceptors (Lipinski definition) is 2. The topological polar surface area (TPSA) is 37.3 Å². The molecule has 0 spiro atoms. The molecule has 0 unspecified atom stereocenters. The van der Waals surface area contributed by atoms with Crippen molar-refractivity contribution in [2.75, 3.05) is 0 Å². The predicted molar refractivity (Wildman–Crippen MR) is 119 cm³/mol. The van der Waals surface area contributed by atoms with Gasteiger partial charge in [-0.2, -0.15) is 0 Å². The summed E-state index contributed by atoms with van der Waals surface area (Å²) in [6.07, 6.45) is 2.83. The van der Waals surface area contributed by atoms with E-state index in [1.165, 1.54) is 0 Å². The summed E-state index contributed by atoms with van der Waals surface area (Å²) in [5.41, 5.74) is 6.31. The van der Waals surface area contributed by atoms with Crippen molar-refractivity contribution in [3.63, 3.8) is 0 Å². The highest BCUT2D eigenvalue weighted by atomic mass is 16.3. The minimum atomic E-state index is 0.0139. The summed E-state index contributed by atoms with van der Waals surface area (Å²) in [4.78, 5) is 11.1. The number of para-hydroxylation sites is 1. The lowest BCUT2D eigenvalue weighted by Crippen LogP contribution is -1.88. The minimum Gasteiger partial charge on any atom is -0.507 e. The molecule has 140 valence electrons. The smallest absolute Gasteiger partial charge is 0.153 e. The van der Waals surface area contributed by atoms with Gasteiger partial charge in [0.05, 0.1) is 5.56 Å². The van der Waals surface area contributed by atoms with Gasteiger partial charge in [0, 0.05) is 5.56 Å². The summed E-state index contributed by atoms with van der Waals surface area (Å²) < 4.78 is 0. The van der Waals surface area contributed by atoms with Gasteiger partial charge < -0.3 is 5.11 Å². The zero-order chi connectivity index (χ0) is 20.1. The van der Waals surface area contributed by atoms with Crippen molar-refractivity contribution in [1.29, 1.82) is 0 Å². The maximum absolute atomic E-state index is 11.1. The summed E-state index contributed by atoms with van der Waals surface area (Å²) >= 11 is 0. The molecule has 0 aliphatic carbocycles. The van der Waals surface area contributed by atoms with Crippen molar-refractivity contribution in [1.82, 2.24) is 0 Å². The fraction of sp³-hybridized carbons (Fsp3) is 0. The molecule has 2 nitrogen and oxygen atoms in total. The molecule has 0 atom stereocenters. The zero-order valence-electron chi connectivity index (χ0n) is 15.8. The van der Waals surface area contributed by atoms with Gasteiger partial charge in [0.1, 0.15) is 5.75 Å². The Balaban J connectivity index is 1.74.